The number of fused-ring (bicyclic) bond motifs is 1. The minimum absolute atomic E-state index is 0.554. The topological polar surface area (TPSA) is 54.5 Å². The molecule has 26 heavy (non-hydrogen) atoms. The molecule has 138 valence electrons. The van der Waals surface area contributed by atoms with E-state index in [4.69, 9.17) is 5.73 Å². The van der Waals surface area contributed by atoms with Crippen LogP contribution in [0.15, 0.2) is 53.5 Å². The predicted octanol–water partition coefficient (Wildman–Crippen LogP) is 5.32. The van der Waals surface area contributed by atoms with Crippen LogP contribution in [-0.2, 0) is 0 Å². The van der Waals surface area contributed by atoms with Crippen LogP contribution in [-0.4, -0.2) is 35.4 Å². The summed E-state index contributed by atoms with van der Waals surface area (Å²) in [5.74, 6) is 0.554. The van der Waals surface area contributed by atoms with Crippen molar-refractivity contribution in [3.8, 4) is 10.6 Å². The van der Waals surface area contributed by atoms with Crippen LogP contribution in [0.1, 0.15) is 27.7 Å². The fourth-order valence-electron chi connectivity index (χ4n) is 2.56. The lowest BCUT2D eigenvalue weighted by Gasteiger charge is -2.13. The van der Waals surface area contributed by atoms with Crippen LogP contribution in [0, 0.1) is 0 Å². The quantitative estimate of drug-likeness (QED) is 0.490. The highest BCUT2D eigenvalue weighted by Gasteiger charge is 2.06. The number of aromatic nitrogens is 1. The SMILES string of the molecule is CC(N)=Nc1ccc2sc(-c3ccccc3)nc2c1.CCN(CC)CC. The van der Waals surface area contributed by atoms with E-state index < -0.39 is 0 Å². The van der Waals surface area contributed by atoms with Gasteiger partial charge in [0.05, 0.1) is 21.7 Å². The highest BCUT2D eigenvalue weighted by Crippen LogP contribution is 2.31. The van der Waals surface area contributed by atoms with Crippen molar-refractivity contribution in [2.75, 3.05) is 19.6 Å². The average Bonchev–Trinajstić information content (AvgIpc) is 3.07. The Morgan fingerprint density at radius 3 is 2.23 bits per heavy atom. The molecule has 0 aliphatic heterocycles. The second kappa shape index (κ2) is 10.0. The summed E-state index contributed by atoms with van der Waals surface area (Å²) in [5, 5.41) is 1.03. The second-order valence-corrected chi connectivity index (χ2v) is 6.94. The smallest absolute Gasteiger partial charge is 0.124 e. The van der Waals surface area contributed by atoms with E-state index in [1.807, 2.05) is 36.4 Å². The molecule has 0 fully saturated rings. The molecular formula is C21H28N4S. The van der Waals surface area contributed by atoms with E-state index >= 15 is 0 Å². The first-order chi connectivity index (χ1) is 12.6. The van der Waals surface area contributed by atoms with E-state index in [-0.39, 0.29) is 0 Å². The fraction of sp³-hybridized carbons (Fsp3) is 0.333. The zero-order valence-electron chi connectivity index (χ0n) is 16.1. The van der Waals surface area contributed by atoms with E-state index in [1.54, 1.807) is 18.3 Å². The van der Waals surface area contributed by atoms with E-state index in [9.17, 15) is 0 Å². The van der Waals surface area contributed by atoms with Crippen LogP contribution >= 0.6 is 11.3 Å². The Morgan fingerprint density at radius 1 is 1.04 bits per heavy atom. The van der Waals surface area contributed by atoms with Gasteiger partial charge in [-0.05, 0) is 44.8 Å². The Hall–Kier alpha value is -2.24. The van der Waals surface area contributed by atoms with Crippen LogP contribution in [0.5, 0.6) is 0 Å². The molecule has 5 heteroatoms. The molecule has 1 heterocycles. The summed E-state index contributed by atoms with van der Waals surface area (Å²) in [7, 11) is 0. The van der Waals surface area contributed by atoms with Crippen molar-refractivity contribution in [2.45, 2.75) is 27.7 Å². The normalized spacial score (nSPS) is 11.5. The van der Waals surface area contributed by atoms with Gasteiger partial charge >= 0.3 is 0 Å². The molecule has 0 spiro atoms. The summed E-state index contributed by atoms with van der Waals surface area (Å²) < 4.78 is 1.16. The van der Waals surface area contributed by atoms with Gasteiger partial charge in [0.2, 0.25) is 0 Å². The highest BCUT2D eigenvalue weighted by atomic mass is 32.1. The third kappa shape index (κ3) is 5.64. The molecule has 2 aromatic carbocycles. The lowest BCUT2D eigenvalue weighted by molar-refractivity contribution is 0.321. The van der Waals surface area contributed by atoms with Gasteiger partial charge < -0.3 is 10.6 Å². The molecule has 0 aliphatic carbocycles. The number of hydrogen-bond acceptors (Lipinski definition) is 4. The maximum Gasteiger partial charge on any atom is 0.124 e. The summed E-state index contributed by atoms with van der Waals surface area (Å²) in [5.41, 5.74) is 8.55. The Bertz CT molecular complexity index is 826. The Labute approximate surface area is 160 Å². The van der Waals surface area contributed by atoms with E-state index in [0.717, 1.165) is 26.5 Å². The molecule has 0 amide bonds. The minimum Gasteiger partial charge on any atom is -0.387 e. The molecule has 1 aromatic heterocycles. The second-order valence-electron chi connectivity index (χ2n) is 5.91. The molecular weight excluding hydrogens is 340 g/mol. The summed E-state index contributed by atoms with van der Waals surface area (Å²) in [4.78, 5) is 11.3. The third-order valence-electron chi connectivity index (χ3n) is 4.04. The minimum atomic E-state index is 0.554. The van der Waals surface area contributed by atoms with Crippen LogP contribution in [0.2, 0.25) is 0 Å². The zero-order chi connectivity index (χ0) is 18.9. The standard InChI is InChI=1S/C15H13N3S.C6H15N/c1-10(16)17-12-7-8-14-13(9-12)18-15(19-14)11-5-3-2-4-6-11;1-4-7(5-2)6-3/h2-9H,1H3,(H2,16,17);4-6H2,1-3H3. The van der Waals surface area contributed by atoms with Crippen molar-refractivity contribution in [3.63, 3.8) is 0 Å². The van der Waals surface area contributed by atoms with Gasteiger partial charge in [-0.2, -0.15) is 0 Å². The molecule has 3 aromatic rings. The molecule has 2 N–H and O–H groups in total. The van der Waals surface area contributed by atoms with Gasteiger partial charge in [-0.25, -0.2) is 9.98 Å². The highest BCUT2D eigenvalue weighted by molar-refractivity contribution is 7.21. The number of aliphatic imine (C=N–C) groups is 1. The van der Waals surface area contributed by atoms with Crippen LogP contribution in [0.4, 0.5) is 5.69 Å². The van der Waals surface area contributed by atoms with Gasteiger partial charge in [-0.15, -0.1) is 11.3 Å². The van der Waals surface area contributed by atoms with Crippen molar-refractivity contribution in [1.82, 2.24) is 9.88 Å². The summed E-state index contributed by atoms with van der Waals surface area (Å²) in [6.45, 7) is 11.9. The Balaban J connectivity index is 0.000000298. The van der Waals surface area contributed by atoms with Gasteiger partial charge in [0, 0.05) is 5.56 Å². The van der Waals surface area contributed by atoms with Gasteiger partial charge in [0.1, 0.15) is 5.01 Å². The molecule has 3 rings (SSSR count). The summed E-state index contributed by atoms with van der Waals surface area (Å²) >= 11 is 1.69. The van der Waals surface area contributed by atoms with Gasteiger partial charge in [0.25, 0.3) is 0 Å². The van der Waals surface area contributed by atoms with Gasteiger partial charge in [0.15, 0.2) is 0 Å². The predicted molar refractivity (Wildman–Crippen MR) is 115 cm³/mol. The van der Waals surface area contributed by atoms with Crippen molar-refractivity contribution < 1.29 is 0 Å². The van der Waals surface area contributed by atoms with Crippen molar-refractivity contribution in [1.29, 1.82) is 0 Å². The largest absolute Gasteiger partial charge is 0.387 e. The number of rotatable bonds is 5. The first-order valence-corrected chi connectivity index (χ1v) is 9.88. The maximum atomic E-state index is 5.60. The van der Waals surface area contributed by atoms with E-state index in [2.05, 4.69) is 47.8 Å². The molecule has 0 saturated carbocycles. The van der Waals surface area contributed by atoms with Crippen molar-refractivity contribution in [3.05, 3.63) is 48.5 Å². The lowest BCUT2D eigenvalue weighted by atomic mass is 10.2. The monoisotopic (exact) mass is 368 g/mol. The zero-order valence-corrected chi connectivity index (χ0v) is 16.9. The van der Waals surface area contributed by atoms with Crippen molar-refractivity contribution >= 4 is 33.1 Å². The van der Waals surface area contributed by atoms with E-state index in [0.29, 0.717) is 5.84 Å². The molecule has 0 aliphatic rings. The molecule has 0 radical (unpaired) electrons. The Kier molecular flexibility index (Phi) is 7.75. The number of hydrogen-bond donors (Lipinski definition) is 1. The molecule has 0 saturated heterocycles. The number of thiazole rings is 1. The lowest BCUT2D eigenvalue weighted by Crippen LogP contribution is -2.21. The van der Waals surface area contributed by atoms with E-state index in [1.165, 1.54) is 19.6 Å². The number of amidine groups is 1. The number of nitrogens with zero attached hydrogens (tertiary/aromatic N) is 3. The van der Waals surface area contributed by atoms with Gasteiger partial charge in [-0.3, -0.25) is 0 Å². The third-order valence-corrected chi connectivity index (χ3v) is 5.12. The van der Waals surface area contributed by atoms with Crippen molar-refractivity contribution in [2.24, 2.45) is 10.7 Å². The van der Waals surface area contributed by atoms with Gasteiger partial charge in [-0.1, -0.05) is 51.1 Å². The summed E-state index contributed by atoms with van der Waals surface area (Å²) in [6.07, 6.45) is 0. The number of nitrogens with two attached hydrogens (primary N) is 1. The molecule has 4 nitrogen and oxygen atoms in total. The summed E-state index contributed by atoms with van der Waals surface area (Å²) in [6, 6.07) is 16.2. The average molecular weight is 369 g/mol. The number of benzene rings is 2. The molecule has 0 bridgehead atoms. The first kappa shape index (κ1) is 20.1. The van der Waals surface area contributed by atoms with Crippen LogP contribution in [0.3, 0.4) is 0 Å². The molecule has 0 atom stereocenters. The first-order valence-electron chi connectivity index (χ1n) is 9.06. The van der Waals surface area contributed by atoms with Crippen LogP contribution < -0.4 is 5.73 Å². The molecule has 0 unspecified atom stereocenters. The fourth-order valence-corrected chi connectivity index (χ4v) is 3.52. The Morgan fingerprint density at radius 2 is 1.69 bits per heavy atom. The van der Waals surface area contributed by atoms with Crippen LogP contribution in [0.25, 0.3) is 20.8 Å². The maximum absolute atomic E-state index is 5.60.